The van der Waals surface area contributed by atoms with Gasteiger partial charge in [0.05, 0.1) is 0 Å². The Hall–Kier alpha value is -1.16. The molecule has 1 saturated carbocycles. The monoisotopic (exact) mass is 199 g/mol. The van der Waals surface area contributed by atoms with Gasteiger partial charge in [0.2, 0.25) is 0 Å². The van der Waals surface area contributed by atoms with Crippen molar-refractivity contribution in [3.63, 3.8) is 0 Å². The zero-order chi connectivity index (χ0) is 10.1. The fraction of sp³-hybridized carbons (Fsp3) is 0.400. The van der Waals surface area contributed by atoms with Crippen LogP contribution in [0.4, 0.5) is 8.78 Å². The second-order valence-electron chi connectivity index (χ2n) is 3.55. The van der Waals surface area contributed by atoms with E-state index in [0.29, 0.717) is 0 Å². The number of hydrogen-bond donors (Lipinski definition) is 1. The Balaban J connectivity index is 2.02. The Morgan fingerprint density at radius 3 is 2.57 bits per heavy atom. The highest BCUT2D eigenvalue weighted by Crippen LogP contribution is 2.26. The molecule has 0 aromatic heterocycles. The average molecular weight is 199 g/mol. The van der Waals surface area contributed by atoms with Crippen molar-refractivity contribution in [2.75, 3.05) is 0 Å². The molecule has 2 nitrogen and oxygen atoms in total. The smallest absolute Gasteiger partial charge is 0.167 e. The first-order valence-electron chi connectivity index (χ1n) is 4.52. The molecule has 0 saturated heterocycles. The molecule has 1 aliphatic rings. The molecule has 1 fully saturated rings. The molecule has 0 aliphatic heterocycles. The molecular weight excluding hydrogens is 188 g/mol. The number of hydrogen-bond acceptors (Lipinski definition) is 2. The highest BCUT2D eigenvalue weighted by molar-refractivity contribution is 5.25. The molecule has 0 amide bonds. The van der Waals surface area contributed by atoms with Crippen molar-refractivity contribution in [1.29, 1.82) is 0 Å². The normalized spacial score (nSPS) is 25.6. The number of ether oxygens (including phenoxy) is 1. The molecule has 0 bridgehead atoms. The van der Waals surface area contributed by atoms with Crippen molar-refractivity contribution in [3.8, 4) is 5.75 Å². The van der Waals surface area contributed by atoms with Gasteiger partial charge in [0.1, 0.15) is 11.9 Å². The van der Waals surface area contributed by atoms with Crippen LogP contribution in [0.3, 0.4) is 0 Å². The van der Waals surface area contributed by atoms with Crippen molar-refractivity contribution < 1.29 is 13.5 Å². The van der Waals surface area contributed by atoms with Crippen LogP contribution in [-0.4, -0.2) is 12.1 Å². The van der Waals surface area contributed by atoms with Crippen LogP contribution in [0.2, 0.25) is 0 Å². The number of halogens is 2. The van der Waals surface area contributed by atoms with Gasteiger partial charge < -0.3 is 10.5 Å². The molecule has 1 aromatic rings. The highest BCUT2D eigenvalue weighted by Gasteiger charge is 2.28. The van der Waals surface area contributed by atoms with E-state index in [1.165, 1.54) is 12.1 Å². The lowest BCUT2D eigenvalue weighted by Crippen LogP contribution is -2.43. The second kappa shape index (κ2) is 3.53. The van der Waals surface area contributed by atoms with Crippen LogP contribution in [-0.2, 0) is 0 Å². The van der Waals surface area contributed by atoms with E-state index in [2.05, 4.69) is 0 Å². The summed E-state index contributed by atoms with van der Waals surface area (Å²) in [6, 6.07) is 3.45. The molecule has 0 heterocycles. The van der Waals surface area contributed by atoms with Crippen molar-refractivity contribution in [2.24, 2.45) is 5.73 Å². The zero-order valence-corrected chi connectivity index (χ0v) is 7.54. The van der Waals surface area contributed by atoms with Gasteiger partial charge in [-0.05, 0) is 25.0 Å². The van der Waals surface area contributed by atoms with Gasteiger partial charge in [0.15, 0.2) is 11.6 Å². The molecular formula is C10H11F2NO. The topological polar surface area (TPSA) is 35.2 Å². The molecule has 0 spiro atoms. The Morgan fingerprint density at radius 2 is 2.00 bits per heavy atom. The van der Waals surface area contributed by atoms with Gasteiger partial charge in [0, 0.05) is 12.1 Å². The minimum absolute atomic E-state index is 0.0232. The van der Waals surface area contributed by atoms with E-state index >= 15 is 0 Å². The first-order chi connectivity index (χ1) is 6.65. The van der Waals surface area contributed by atoms with Crippen LogP contribution in [0.25, 0.3) is 0 Å². The average Bonchev–Trinajstić information content (AvgIpc) is 2.06. The summed E-state index contributed by atoms with van der Waals surface area (Å²) in [6.07, 6.45) is 1.44. The van der Waals surface area contributed by atoms with Crippen molar-refractivity contribution in [3.05, 3.63) is 29.8 Å². The molecule has 0 atom stereocenters. The predicted octanol–water partition coefficient (Wildman–Crippen LogP) is 1.83. The van der Waals surface area contributed by atoms with Crippen molar-refractivity contribution >= 4 is 0 Å². The summed E-state index contributed by atoms with van der Waals surface area (Å²) >= 11 is 0. The predicted molar refractivity (Wildman–Crippen MR) is 48.0 cm³/mol. The van der Waals surface area contributed by atoms with Gasteiger partial charge in [-0.1, -0.05) is 0 Å². The van der Waals surface area contributed by atoms with Crippen LogP contribution in [0.15, 0.2) is 18.2 Å². The number of nitrogens with two attached hydrogens (primary N) is 1. The first kappa shape index (κ1) is 9.40. The Kier molecular flexibility index (Phi) is 2.37. The summed E-state index contributed by atoms with van der Waals surface area (Å²) in [4.78, 5) is 0. The summed E-state index contributed by atoms with van der Waals surface area (Å²) < 4.78 is 30.9. The summed E-state index contributed by atoms with van der Waals surface area (Å²) in [5.41, 5.74) is 5.55. The second-order valence-corrected chi connectivity index (χ2v) is 3.55. The van der Waals surface area contributed by atoms with Gasteiger partial charge in [-0.2, -0.15) is 0 Å². The van der Waals surface area contributed by atoms with Gasteiger partial charge >= 0.3 is 0 Å². The lowest BCUT2D eigenvalue weighted by molar-refractivity contribution is 0.0961. The zero-order valence-electron chi connectivity index (χ0n) is 7.54. The van der Waals surface area contributed by atoms with Crippen LogP contribution < -0.4 is 10.5 Å². The molecule has 14 heavy (non-hydrogen) atoms. The van der Waals surface area contributed by atoms with E-state index in [1.807, 2.05) is 0 Å². The van der Waals surface area contributed by atoms with E-state index in [0.717, 1.165) is 18.9 Å². The maximum Gasteiger partial charge on any atom is 0.167 e. The minimum Gasteiger partial charge on any atom is -0.487 e. The van der Waals surface area contributed by atoms with Gasteiger partial charge in [-0.15, -0.1) is 0 Å². The van der Waals surface area contributed by atoms with E-state index < -0.39 is 11.6 Å². The quantitative estimate of drug-likeness (QED) is 0.788. The lowest BCUT2D eigenvalue weighted by atomic mass is 9.90. The molecule has 0 unspecified atom stereocenters. The number of rotatable bonds is 2. The Labute approximate surface area is 80.7 Å². The Bertz CT molecular complexity index is 337. The van der Waals surface area contributed by atoms with E-state index in [1.54, 1.807) is 0 Å². The van der Waals surface area contributed by atoms with E-state index in [4.69, 9.17) is 10.5 Å². The van der Waals surface area contributed by atoms with Gasteiger partial charge in [-0.25, -0.2) is 8.78 Å². The molecule has 2 N–H and O–H groups in total. The maximum absolute atomic E-state index is 13.1. The summed E-state index contributed by atoms with van der Waals surface area (Å²) in [7, 11) is 0. The van der Waals surface area contributed by atoms with Crippen LogP contribution in [0, 0.1) is 11.6 Å². The third-order valence-corrected chi connectivity index (χ3v) is 2.32. The van der Waals surface area contributed by atoms with Crippen LogP contribution >= 0.6 is 0 Å². The third-order valence-electron chi connectivity index (χ3n) is 2.32. The van der Waals surface area contributed by atoms with E-state index in [-0.39, 0.29) is 17.9 Å². The van der Waals surface area contributed by atoms with Gasteiger partial charge in [0.25, 0.3) is 0 Å². The largest absolute Gasteiger partial charge is 0.487 e. The molecule has 4 heteroatoms. The molecule has 2 rings (SSSR count). The first-order valence-corrected chi connectivity index (χ1v) is 4.52. The summed E-state index contributed by atoms with van der Waals surface area (Å²) in [5, 5.41) is 0. The van der Waals surface area contributed by atoms with Crippen LogP contribution in [0.5, 0.6) is 5.75 Å². The van der Waals surface area contributed by atoms with Crippen LogP contribution in [0.1, 0.15) is 12.8 Å². The summed E-state index contributed by atoms with van der Waals surface area (Å²) in [6.45, 7) is 0. The fourth-order valence-corrected chi connectivity index (χ4v) is 1.45. The fourth-order valence-electron chi connectivity index (χ4n) is 1.45. The van der Waals surface area contributed by atoms with E-state index in [9.17, 15) is 8.78 Å². The third kappa shape index (κ3) is 1.85. The summed E-state index contributed by atoms with van der Waals surface area (Å²) in [5.74, 6) is -1.16. The molecule has 1 aliphatic carbocycles. The van der Waals surface area contributed by atoms with Crippen molar-refractivity contribution in [2.45, 2.75) is 25.0 Å². The van der Waals surface area contributed by atoms with Gasteiger partial charge in [-0.3, -0.25) is 0 Å². The number of benzene rings is 1. The lowest BCUT2D eigenvalue weighted by Gasteiger charge is -2.32. The van der Waals surface area contributed by atoms with Crippen molar-refractivity contribution in [1.82, 2.24) is 0 Å². The standard InChI is InChI=1S/C10H11F2NO/c11-6-1-2-10(9(12)3-6)14-8-4-7(13)5-8/h1-3,7-8H,4-5,13H2/t7-,8-. The molecule has 1 aromatic carbocycles. The Morgan fingerprint density at radius 1 is 1.29 bits per heavy atom. The minimum atomic E-state index is -0.662. The molecule has 76 valence electrons. The SMILES string of the molecule is N[C@H]1C[C@H](Oc2ccc(F)cc2F)C1. The highest BCUT2D eigenvalue weighted by atomic mass is 19.1. The molecule has 0 radical (unpaired) electrons. The maximum atomic E-state index is 13.1.